The second-order valence-corrected chi connectivity index (χ2v) is 8.87. The third kappa shape index (κ3) is 4.84. The van der Waals surface area contributed by atoms with Gasteiger partial charge in [0.15, 0.2) is 5.82 Å². The van der Waals surface area contributed by atoms with Crippen molar-refractivity contribution in [3.05, 3.63) is 17.8 Å². The lowest BCUT2D eigenvalue weighted by Gasteiger charge is -2.41. The standard InChI is InChI=1S/C22H31F2N7O2/c1-12-8-32-9-13(2)30(12)21-27-20(18-16(7-17(23)24)5-6-26-19(18)25)28-22(29-21)31-14(3)10-33-11-15(31)4/h5-6,12-15,17H,7-11H2,1-4H3,(H2,25,26)/t12-,13-,14-,15-/m0/s1. The summed E-state index contributed by atoms with van der Waals surface area (Å²) in [6.07, 6.45) is -1.57. The van der Waals surface area contributed by atoms with Crippen molar-refractivity contribution in [2.45, 2.75) is 64.7 Å². The normalized spacial score (nSPS) is 26.2. The second kappa shape index (κ2) is 9.68. The van der Waals surface area contributed by atoms with Crippen molar-refractivity contribution in [3.8, 4) is 11.4 Å². The molecule has 0 bridgehead atoms. The molecule has 2 N–H and O–H groups in total. The number of pyridine rings is 1. The molecule has 2 fully saturated rings. The van der Waals surface area contributed by atoms with Crippen LogP contribution in [0.25, 0.3) is 11.4 Å². The van der Waals surface area contributed by atoms with Crippen molar-refractivity contribution in [1.29, 1.82) is 0 Å². The first-order chi connectivity index (χ1) is 15.8. The van der Waals surface area contributed by atoms with Gasteiger partial charge in [0, 0.05) is 12.6 Å². The highest BCUT2D eigenvalue weighted by Crippen LogP contribution is 2.32. The Balaban J connectivity index is 1.89. The molecule has 2 aromatic rings. The van der Waals surface area contributed by atoms with Crippen LogP contribution in [0.1, 0.15) is 33.3 Å². The van der Waals surface area contributed by atoms with Gasteiger partial charge in [-0.2, -0.15) is 15.0 Å². The first kappa shape index (κ1) is 23.5. The summed E-state index contributed by atoms with van der Waals surface area (Å²) in [6.45, 7) is 10.3. The molecule has 2 aliphatic rings. The molecule has 11 heteroatoms. The third-order valence-electron chi connectivity index (χ3n) is 6.07. The Kier molecular flexibility index (Phi) is 6.89. The number of alkyl halides is 2. The van der Waals surface area contributed by atoms with E-state index in [0.29, 0.717) is 49.5 Å². The highest BCUT2D eigenvalue weighted by Gasteiger charge is 2.33. The van der Waals surface area contributed by atoms with E-state index < -0.39 is 12.8 Å². The van der Waals surface area contributed by atoms with E-state index in [1.54, 1.807) is 6.07 Å². The van der Waals surface area contributed by atoms with Gasteiger partial charge in [0.2, 0.25) is 18.3 Å². The Hall–Kier alpha value is -2.66. The molecule has 180 valence electrons. The average Bonchev–Trinajstić information content (AvgIpc) is 2.73. The molecule has 0 spiro atoms. The summed E-state index contributed by atoms with van der Waals surface area (Å²) in [5, 5.41) is 0. The number of nitrogen functional groups attached to an aromatic ring is 1. The molecule has 2 aromatic heterocycles. The quantitative estimate of drug-likeness (QED) is 0.717. The van der Waals surface area contributed by atoms with E-state index in [4.69, 9.17) is 30.2 Å². The van der Waals surface area contributed by atoms with Gasteiger partial charge in [-0.15, -0.1) is 0 Å². The van der Waals surface area contributed by atoms with Crippen LogP contribution in [0.15, 0.2) is 12.3 Å². The second-order valence-electron chi connectivity index (χ2n) is 8.87. The molecular formula is C22H31F2N7O2. The summed E-state index contributed by atoms with van der Waals surface area (Å²) in [6, 6.07) is 1.67. The summed E-state index contributed by atoms with van der Waals surface area (Å²) < 4.78 is 38.0. The third-order valence-corrected chi connectivity index (χ3v) is 6.07. The van der Waals surface area contributed by atoms with Gasteiger partial charge in [-0.1, -0.05) is 0 Å². The lowest BCUT2D eigenvalue weighted by Crippen LogP contribution is -2.52. The Labute approximate surface area is 192 Å². The highest BCUT2D eigenvalue weighted by atomic mass is 19.3. The number of rotatable bonds is 5. The Morgan fingerprint density at radius 1 is 0.909 bits per heavy atom. The SMILES string of the molecule is C[C@H]1COC[C@H](C)N1c1nc(-c2c(CC(F)F)ccnc2N)nc(N2[C@@H](C)COC[C@@H]2C)n1. The molecule has 0 amide bonds. The lowest BCUT2D eigenvalue weighted by atomic mass is 10.1. The minimum absolute atomic E-state index is 0.0307. The smallest absolute Gasteiger partial charge is 0.242 e. The van der Waals surface area contributed by atoms with Crippen molar-refractivity contribution in [1.82, 2.24) is 19.9 Å². The summed E-state index contributed by atoms with van der Waals surface area (Å²) in [5.41, 5.74) is 6.85. The number of nitrogens with two attached hydrogens (primary N) is 1. The predicted molar refractivity (Wildman–Crippen MR) is 122 cm³/mol. The van der Waals surface area contributed by atoms with Crippen LogP contribution < -0.4 is 15.5 Å². The molecule has 4 rings (SSSR count). The van der Waals surface area contributed by atoms with E-state index in [2.05, 4.69) is 14.8 Å². The summed E-state index contributed by atoms with van der Waals surface area (Å²) in [4.78, 5) is 22.6. The van der Waals surface area contributed by atoms with Crippen LogP contribution in [0.2, 0.25) is 0 Å². The van der Waals surface area contributed by atoms with Crippen molar-refractivity contribution < 1.29 is 18.3 Å². The van der Waals surface area contributed by atoms with Gasteiger partial charge in [0.05, 0.1) is 56.2 Å². The number of nitrogens with zero attached hydrogens (tertiary/aromatic N) is 6. The molecule has 0 unspecified atom stereocenters. The van der Waals surface area contributed by atoms with Gasteiger partial charge in [0.25, 0.3) is 0 Å². The topological polar surface area (TPSA) is 103 Å². The van der Waals surface area contributed by atoms with E-state index in [1.807, 2.05) is 27.7 Å². The minimum atomic E-state index is -2.54. The van der Waals surface area contributed by atoms with Crippen LogP contribution in [0.3, 0.4) is 0 Å². The van der Waals surface area contributed by atoms with Gasteiger partial charge in [-0.25, -0.2) is 13.8 Å². The number of morpholine rings is 2. The molecule has 0 radical (unpaired) electrons. The minimum Gasteiger partial charge on any atom is -0.383 e. The van der Waals surface area contributed by atoms with Crippen LogP contribution in [-0.2, 0) is 15.9 Å². The summed E-state index contributed by atoms with van der Waals surface area (Å²) >= 11 is 0. The van der Waals surface area contributed by atoms with Crippen LogP contribution in [0.4, 0.5) is 26.5 Å². The molecule has 2 saturated heterocycles. The maximum atomic E-state index is 13.3. The fourth-order valence-corrected chi connectivity index (χ4v) is 4.61. The van der Waals surface area contributed by atoms with Crippen molar-refractivity contribution in [2.75, 3.05) is 42.0 Å². The van der Waals surface area contributed by atoms with Gasteiger partial charge in [-0.3, -0.25) is 0 Å². The van der Waals surface area contributed by atoms with Crippen LogP contribution in [-0.4, -0.2) is 77.0 Å². The Morgan fingerprint density at radius 2 is 1.39 bits per heavy atom. The number of halogens is 2. The van der Waals surface area contributed by atoms with E-state index in [0.717, 1.165) is 0 Å². The average molecular weight is 464 g/mol. The van der Waals surface area contributed by atoms with Crippen molar-refractivity contribution in [2.24, 2.45) is 0 Å². The molecule has 4 heterocycles. The predicted octanol–water partition coefficient (Wildman–Crippen LogP) is 2.55. The number of hydrogen-bond donors (Lipinski definition) is 1. The zero-order chi connectivity index (χ0) is 23.7. The first-order valence-electron chi connectivity index (χ1n) is 11.3. The van der Waals surface area contributed by atoms with Crippen molar-refractivity contribution in [3.63, 3.8) is 0 Å². The molecular weight excluding hydrogens is 432 g/mol. The van der Waals surface area contributed by atoms with Gasteiger partial charge in [-0.05, 0) is 39.3 Å². The summed E-state index contributed by atoms with van der Waals surface area (Å²) in [5.74, 6) is 1.29. The Morgan fingerprint density at radius 3 is 1.85 bits per heavy atom. The summed E-state index contributed by atoms with van der Waals surface area (Å²) in [7, 11) is 0. The van der Waals surface area contributed by atoms with Crippen LogP contribution in [0, 0.1) is 0 Å². The number of aromatic nitrogens is 4. The molecule has 0 aromatic carbocycles. The number of ether oxygens (including phenoxy) is 2. The molecule has 2 aliphatic heterocycles. The first-order valence-corrected chi connectivity index (χ1v) is 11.3. The Bertz CT molecular complexity index is 916. The molecule has 33 heavy (non-hydrogen) atoms. The largest absolute Gasteiger partial charge is 0.383 e. The van der Waals surface area contributed by atoms with Gasteiger partial charge in [0.1, 0.15) is 5.82 Å². The van der Waals surface area contributed by atoms with Gasteiger partial charge >= 0.3 is 0 Å². The monoisotopic (exact) mass is 463 g/mol. The number of hydrogen-bond acceptors (Lipinski definition) is 9. The molecule has 0 saturated carbocycles. The molecule has 9 nitrogen and oxygen atoms in total. The fraction of sp³-hybridized carbons (Fsp3) is 0.636. The zero-order valence-corrected chi connectivity index (χ0v) is 19.4. The number of anilines is 3. The van der Waals surface area contributed by atoms with Crippen LogP contribution >= 0.6 is 0 Å². The van der Waals surface area contributed by atoms with Crippen LogP contribution in [0.5, 0.6) is 0 Å². The van der Waals surface area contributed by atoms with Gasteiger partial charge < -0.3 is 25.0 Å². The van der Waals surface area contributed by atoms with Crippen molar-refractivity contribution >= 4 is 17.7 Å². The highest BCUT2D eigenvalue weighted by molar-refractivity contribution is 5.73. The van der Waals surface area contributed by atoms with E-state index in [1.165, 1.54) is 6.20 Å². The fourth-order valence-electron chi connectivity index (χ4n) is 4.61. The van der Waals surface area contributed by atoms with E-state index >= 15 is 0 Å². The molecule has 0 aliphatic carbocycles. The van der Waals surface area contributed by atoms with E-state index in [-0.39, 0.29) is 35.8 Å². The van der Waals surface area contributed by atoms with E-state index in [9.17, 15) is 8.78 Å². The zero-order valence-electron chi connectivity index (χ0n) is 19.4. The maximum absolute atomic E-state index is 13.3. The lowest BCUT2D eigenvalue weighted by molar-refractivity contribution is 0.0733. The molecule has 4 atom stereocenters. The maximum Gasteiger partial charge on any atom is 0.242 e.